The van der Waals surface area contributed by atoms with Crippen molar-refractivity contribution < 1.29 is 9.53 Å². The summed E-state index contributed by atoms with van der Waals surface area (Å²) in [6, 6.07) is 7.78. The van der Waals surface area contributed by atoms with Gasteiger partial charge in [-0.05, 0) is 26.3 Å². The van der Waals surface area contributed by atoms with Crippen molar-refractivity contribution in [3.8, 4) is 0 Å². The Morgan fingerprint density at radius 1 is 1.47 bits per heavy atom. The van der Waals surface area contributed by atoms with E-state index < -0.39 is 11.7 Å². The van der Waals surface area contributed by atoms with E-state index >= 15 is 0 Å². The predicted molar refractivity (Wildman–Crippen MR) is 80.5 cm³/mol. The van der Waals surface area contributed by atoms with E-state index in [0.29, 0.717) is 6.42 Å². The first-order valence-corrected chi connectivity index (χ1v) is 7.51. The molecule has 1 aliphatic heterocycles. The summed E-state index contributed by atoms with van der Waals surface area (Å²) in [7, 11) is 0. The average molecular weight is 324 g/mol. The van der Waals surface area contributed by atoms with Crippen LogP contribution in [-0.4, -0.2) is 17.3 Å². The normalized spacial score (nSPS) is 26.9. The van der Waals surface area contributed by atoms with Crippen LogP contribution < -0.4 is 5.32 Å². The fraction of sp³-hybridized carbons (Fsp3) is 0.400. The number of hydrogen-bond donors (Lipinski definition) is 1. The maximum Gasteiger partial charge on any atom is 0.253 e. The molecule has 2 unspecified atom stereocenters. The maximum absolute atomic E-state index is 12.2. The van der Waals surface area contributed by atoms with E-state index in [1.54, 1.807) is 0 Å². The van der Waals surface area contributed by atoms with E-state index in [1.807, 2.05) is 50.3 Å². The van der Waals surface area contributed by atoms with Crippen molar-refractivity contribution in [3.63, 3.8) is 0 Å². The van der Waals surface area contributed by atoms with Crippen molar-refractivity contribution in [2.24, 2.45) is 0 Å². The number of carbonyl (C=O) groups is 1. The molecule has 2 atom stereocenters. The average Bonchev–Trinajstić information content (AvgIpc) is 2.48. The molecule has 1 aromatic rings. The molecule has 1 amide bonds. The molecule has 1 heterocycles. The number of carbonyl (C=O) groups excluding carboxylic acids is 1. The number of fused-ring (bicyclic) bond motifs is 1. The van der Waals surface area contributed by atoms with Crippen LogP contribution in [0.1, 0.15) is 25.8 Å². The molecule has 0 saturated heterocycles. The Morgan fingerprint density at radius 3 is 2.89 bits per heavy atom. The molecular formula is C15H18BrNO2. The van der Waals surface area contributed by atoms with Gasteiger partial charge >= 0.3 is 0 Å². The van der Waals surface area contributed by atoms with Crippen LogP contribution in [-0.2, 0) is 15.1 Å². The van der Waals surface area contributed by atoms with Crippen molar-refractivity contribution in [3.05, 3.63) is 42.0 Å². The number of amides is 1. The van der Waals surface area contributed by atoms with Crippen LogP contribution in [0.2, 0.25) is 0 Å². The Balaban J connectivity index is 2.48. The van der Waals surface area contributed by atoms with E-state index in [9.17, 15) is 4.79 Å². The minimum Gasteiger partial charge on any atom is -0.353 e. The molecule has 102 valence electrons. The lowest BCUT2D eigenvalue weighted by Gasteiger charge is -2.29. The molecule has 1 aliphatic rings. The summed E-state index contributed by atoms with van der Waals surface area (Å²) in [6.07, 6.45) is 4.14. The molecule has 0 bridgehead atoms. The van der Waals surface area contributed by atoms with Gasteiger partial charge in [0.1, 0.15) is 11.7 Å². The second-order valence-corrected chi connectivity index (χ2v) is 5.52. The van der Waals surface area contributed by atoms with Gasteiger partial charge in [0.2, 0.25) is 0 Å². The van der Waals surface area contributed by atoms with E-state index in [0.717, 1.165) is 16.6 Å². The maximum atomic E-state index is 12.2. The molecule has 4 heteroatoms. The molecule has 0 aliphatic carbocycles. The number of nitrogens with one attached hydrogen (secondary N) is 1. The second-order valence-electron chi connectivity index (χ2n) is 4.73. The first-order valence-electron chi connectivity index (χ1n) is 6.38. The highest BCUT2D eigenvalue weighted by Gasteiger charge is 2.36. The number of benzene rings is 1. The lowest BCUT2D eigenvalue weighted by molar-refractivity contribution is -0.135. The molecule has 0 saturated carbocycles. The Labute approximate surface area is 122 Å². The molecule has 2 rings (SSSR count). The summed E-state index contributed by atoms with van der Waals surface area (Å²) in [5.74, 6) is -0.0832. The number of ether oxygens (including phenoxy) is 1. The van der Waals surface area contributed by atoms with E-state index in [1.165, 1.54) is 0 Å². The Hall–Kier alpha value is -1.13. The van der Waals surface area contributed by atoms with Gasteiger partial charge in [0.05, 0.1) is 0 Å². The van der Waals surface area contributed by atoms with Gasteiger partial charge in [-0.25, -0.2) is 0 Å². The number of anilines is 1. The number of halogens is 1. The van der Waals surface area contributed by atoms with Crippen molar-refractivity contribution >= 4 is 27.5 Å². The third-order valence-electron chi connectivity index (χ3n) is 3.26. The zero-order chi connectivity index (χ0) is 13.9. The van der Waals surface area contributed by atoms with E-state index in [-0.39, 0.29) is 5.91 Å². The minimum atomic E-state index is -0.586. The zero-order valence-corrected chi connectivity index (χ0v) is 12.7. The molecule has 1 N–H and O–H groups in total. The second kappa shape index (κ2) is 5.88. The smallest absolute Gasteiger partial charge is 0.253 e. The summed E-state index contributed by atoms with van der Waals surface area (Å²) < 4.78 is 6.09. The number of alkyl halides is 1. The topological polar surface area (TPSA) is 38.3 Å². The number of para-hydroxylation sites is 1. The highest BCUT2D eigenvalue weighted by atomic mass is 79.9. The molecular weight excluding hydrogens is 306 g/mol. The number of hydrogen-bond acceptors (Lipinski definition) is 2. The van der Waals surface area contributed by atoms with Gasteiger partial charge in [-0.2, -0.15) is 0 Å². The standard InChI is InChI=1S/C15H18BrNO2/c1-3-9-15(2)11-6-4-5-7-12(11)17-14(18)13(19-15)8-10-16/h3-7,9,13H,8,10H2,1-2H3,(H,17,18)/b9-3+. The SMILES string of the molecule is C/C=C/C1(C)OC(CCBr)C(=O)Nc2ccccc21. The van der Waals surface area contributed by atoms with Gasteiger partial charge in [-0.15, -0.1) is 0 Å². The highest BCUT2D eigenvalue weighted by Crippen LogP contribution is 2.37. The van der Waals surface area contributed by atoms with Crippen molar-refractivity contribution in [1.29, 1.82) is 0 Å². The quantitative estimate of drug-likeness (QED) is 0.681. The van der Waals surface area contributed by atoms with Crippen LogP contribution in [0, 0.1) is 0 Å². The Kier molecular flexibility index (Phi) is 4.42. The molecule has 0 spiro atoms. The predicted octanol–water partition coefficient (Wildman–Crippen LogP) is 3.60. The molecule has 0 aromatic heterocycles. The van der Waals surface area contributed by atoms with Gasteiger partial charge in [-0.1, -0.05) is 46.3 Å². The minimum absolute atomic E-state index is 0.0832. The van der Waals surface area contributed by atoms with Gasteiger partial charge in [-0.3, -0.25) is 4.79 Å². The van der Waals surface area contributed by atoms with Crippen LogP contribution in [0.15, 0.2) is 36.4 Å². The largest absolute Gasteiger partial charge is 0.353 e. The van der Waals surface area contributed by atoms with Crippen LogP contribution >= 0.6 is 15.9 Å². The van der Waals surface area contributed by atoms with Crippen LogP contribution in [0.3, 0.4) is 0 Å². The van der Waals surface area contributed by atoms with Crippen LogP contribution in [0.4, 0.5) is 5.69 Å². The third-order valence-corrected chi connectivity index (χ3v) is 3.71. The lowest BCUT2D eigenvalue weighted by Crippen LogP contribution is -2.34. The van der Waals surface area contributed by atoms with E-state index in [4.69, 9.17) is 4.74 Å². The number of allylic oxidation sites excluding steroid dienone is 1. The summed E-state index contributed by atoms with van der Waals surface area (Å²) in [5, 5.41) is 3.68. The molecule has 0 fully saturated rings. The van der Waals surface area contributed by atoms with Gasteiger partial charge in [0, 0.05) is 16.6 Å². The van der Waals surface area contributed by atoms with E-state index in [2.05, 4.69) is 21.2 Å². The lowest BCUT2D eigenvalue weighted by atomic mass is 9.93. The Bertz CT molecular complexity index is 501. The molecule has 0 radical (unpaired) electrons. The first kappa shape index (κ1) is 14.3. The van der Waals surface area contributed by atoms with Gasteiger partial charge in [0.25, 0.3) is 5.91 Å². The van der Waals surface area contributed by atoms with Crippen molar-refractivity contribution in [2.45, 2.75) is 32.0 Å². The zero-order valence-electron chi connectivity index (χ0n) is 11.2. The summed E-state index contributed by atoms with van der Waals surface area (Å²) in [6.45, 7) is 3.95. The first-order chi connectivity index (χ1) is 9.10. The highest BCUT2D eigenvalue weighted by molar-refractivity contribution is 9.09. The summed E-state index contributed by atoms with van der Waals surface area (Å²) in [4.78, 5) is 12.2. The summed E-state index contributed by atoms with van der Waals surface area (Å²) >= 11 is 3.37. The van der Waals surface area contributed by atoms with Gasteiger partial charge < -0.3 is 10.1 Å². The monoisotopic (exact) mass is 323 g/mol. The third kappa shape index (κ3) is 2.90. The van der Waals surface area contributed by atoms with Crippen LogP contribution in [0.25, 0.3) is 0 Å². The molecule has 1 aromatic carbocycles. The van der Waals surface area contributed by atoms with Crippen LogP contribution in [0.5, 0.6) is 0 Å². The molecule has 19 heavy (non-hydrogen) atoms. The Morgan fingerprint density at radius 2 is 2.21 bits per heavy atom. The fourth-order valence-electron chi connectivity index (χ4n) is 2.39. The van der Waals surface area contributed by atoms with Gasteiger partial charge in [0.15, 0.2) is 0 Å². The van der Waals surface area contributed by atoms with Crippen molar-refractivity contribution in [2.75, 3.05) is 10.6 Å². The number of rotatable bonds is 3. The van der Waals surface area contributed by atoms with Crippen molar-refractivity contribution in [1.82, 2.24) is 0 Å². The summed E-state index contributed by atoms with van der Waals surface area (Å²) in [5.41, 5.74) is 1.22. The molecule has 3 nitrogen and oxygen atoms in total. The fourth-order valence-corrected chi connectivity index (χ4v) is 2.80.